The highest BCUT2D eigenvalue weighted by Crippen LogP contribution is 2.25. The third-order valence-corrected chi connectivity index (χ3v) is 4.97. The zero-order valence-corrected chi connectivity index (χ0v) is 16.3. The van der Waals surface area contributed by atoms with E-state index in [2.05, 4.69) is 27.1 Å². The minimum absolute atomic E-state index is 0.135. The molecule has 3 rings (SSSR count). The fourth-order valence-electron chi connectivity index (χ4n) is 2.45. The molecule has 0 saturated heterocycles. The minimum Gasteiger partial charge on any atom is -0.325 e. The number of nitrogens with one attached hydrogen (secondary N) is 1. The van der Waals surface area contributed by atoms with Gasteiger partial charge in [0.1, 0.15) is 0 Å². The fraction of sp³-hybridized carbons (Fsp3) is 0.158. The number of allylic oxidation sites excluding steroid dienone is 1. The highest BCUT2D eigenvalue weighted by Gasteiger charge is 2.15. The van der Waals surface area contributed by atoms with Crippen LogP contribution in [-0.2, 0) is 11.3 Å². The first-order valence-corrected chi connectivity index (χ1v) is 9.58. The van der Waals surface area contributed by atoms with E-state index in [1.807, 2.05) is 29.7 Å². The molecule has 138 valence electrons. The molecular weight excluding hydrogens is 382 g/mol. The van der Waals surface area contributed by atoms with Crippen LogP contribution in [0, 0.1) is 6.92 Å². The number of thioether (sulfide) groups is 1. The lowest BCUT2D eigenvalue weighted by Gasteiger charge is -2.09. The van der Waals surface area contributed by atoms with Crippen molar-refractivity contribution in [3.63, 3.8) is 0 Å². The van der Waals surface area contributed by atoms with Gasteiger partial charge in [0.25, 0.3) is 0 Å². The quantitative estimate of drug-likeness (QED) is 0.475. The second kappa shape index (κ2) is 8.83. The molecule has 2 aromatic heterocycles. The van der Waals surface area contributed by atoms with E-state index < -0.39 is 0 Å². The summed E-state index contributed by atoms with van der Waals surface area (Å²) in [5.41, 5.74) is 2.57. The molecule has 0 fully saturated rings. The summed E-state index contributed by atoms with van der Waals surface area (Å²) in [7, 11) is 0. The Morgan fingerprint density at radius 2 is 2.07 bits per heavy atom. The van der Waals surface area contributed by atoms with Gasteiger partial charge in [0.05, 0.1) is 5.75 Å². The Morgan fingerprint density at radius 1 is 1.30 bits per heavy atom. The lowest BCUT2D eigenvalue weighted by molar-refractivity contribution is -0.113. The first-order valence-electron chi connectivity index (χ1n) is 8.22. The van der Waals surface area contributed by atoms with E-state index in [0.717, 1.165) is 11.1 Å². The van der Waals surface area contributed by atoms with Crippen molar-refractivity contribution in [3.05, 3.63) is 66.0 Å². The van der Waals surface area contributed by atoms with Gasteiger partial charge in [-0.1, -0.05) is 35.5 Å². The Hall–Kier alpha value is -2.64. The van der Waals surface area contributed by atoms with Crippen LogP contribution >= 0.6 is 23.4 Å². The third kappa shape index (κ3) is 4.75. The molecule has 1 aromatic carbocycles. The van der Waals surface area contributed by atoms with Crippen molar-refractivity contribution in [2.45, 2.75) is 18.6 Å². The molecule has 6 nitrogen and oxygen atoms in total. The van der Waals surface area contributed by atoms with Crippen LogP contribution in [0.2, 0.25) is 5.02 Å². The molecule has 0 bridgehead atoms. The van der Waals surface area contributed by atoms with Crippen LogP contribution in [-0.4, -0.2) is 31.4 Å². The number of anilines is 1. The SMILES string of the molecule is C=CCn1c(SCC(=O)Nc2cc(Cl)ccc2C)nnc1-c1ccncc1. The van der Waals surface area contributed by atoms with E-state index >= 15 is 0 Å². The van der Waals surface area contributed by atoms with Crippen LogP contribution in [0.1, 0.15) is 5.56 Å². The largest absolute Gasteiger partial charge is 0.325 e. The van der Waals surface area contributed by atoms with Gasteiger partial charge in [0.2, 0.25) is 5.91 Å². The van der Waals surface area contributed by atoms with Crippen LogP contribution in [0.15, 0.2) is 60.5 Å². The van der Waals surface area contributed by atoms with Gasteiger partial charge in [-0.25, -0.2) is 0 Å². The number of nitrogens with zero attached hydrogens (tertiary/aromatic N) is 4. The van der Waals surface area contributed by atoms with Crippen molar-refractivity contribution < 1.29 is 4.79 Å². The molecule has 8 heteroatoms. The number of rotatable bonds is 7. The highest BCUT2D eigenvalue weighted by atomic mass is 35.5. The number of benzene rings is 1. The topological polar surface area (TPSA) is 72.7 Å². The molecule has 1 N–H and O–H groups in total. The number of aromatic nitrogens is 4. The molecule has 0 spiro atoms. The maximum atomic E-state index is 12.3. The molecule has 0 aliphatic heterocycles. The van der Waals surface area contributed by atoms with Gasteiger partial charge in [-0.2, -0.15) is 0 Å². The molecular formula is C19H18ClN5OS. The molecule has 0 saturated carbocycles. The van der Waals surface area contributed by atoms with Crippen molar-refractivity contribution in [2.24, 2.45) is 0 Å². The van der Waals surface area contributed by atoms with E-state index in [4.69, 9.17) is 11.6 Å². The summed E-state index contributed by atoms with van der Waals surface area (Å²) >= 11 is 7.32. The lowest BCUT2D eigenvalue weighted by Crippen LogP contribution is -2.15. The predicted octanol–water partition coefficient (Wildman–Crippen LogP) is 4.22. The zero-order valence-electron chi connectivity index (χ0n) is 14.7. The van der Waals surface area contributed by atoms with Crippen LogP contribution in [0.5, 0.6) is 0 Å². The second-order valence-corrected chi connectivity index (χ2v) is 7.12. The Kier molecular flexibility index (Phi) is 6.26. The summed E-state index contributed by atoms with van der Waals surface area (Å²) < 4.78 is 1.92. The van der Waals surface area contributed by atoms with Gasteiger partial charge >= 0.3 is 0 Å². The molecule has 0 aliphatic rings. The molecule has 0 radical (unpaired) electrons. The lowest BCUT2D eigenvalue weighted by atomic mass is 10.2. The molecule has 0 unspecified atom stereocenters. The maximum Gasteiger partial charge on any atom is 0.234 e. The molecule has 0 atom stereocenters. The predicted molar refractivity (Wildman–Crippen MR) is 109 cm³/mol. The van der Waals surface area contributed by atoms with Gasteiger partial charge in [0, 0.05) is 35.2 Å². The van der Waals surface area contributed by atoms with E-state index in [9.17, 15) is 4.79 Å². The Labute approximate surface area is 166 Å². The van der Waals surface area contributed by atoms with E-state index in [-0.39, 0.29) is 11.7 Å². The third-order valence-electron chi connectivity index (χ3n) is 3.77. The maximum absolute atomic E-state index is 12.3. The highest BCUT2D eigenvalue weighted by molar-refractivity contribution is 7.99. The van der Waals surface area contributed by atoms with E-state index in [1.54, 1.807) is 30.6 Å². The van der Waals surface area contributed by atoms with Crippen LogP contribution < -0.4 is 5.32 Å². The van der Waals surface area contributed by atoms with Gasteiger partial charge in [0.15, 0.2) is 11.0 Å². The monoisotopic (exact) mass is 399 g/mol. The van der Waals surface area contributed by atoms with Crippen molar-refractivity contribution in [1.82, 2.24) is 19.7 Å². The standard InChI is InChI=1S/C19H18ClN5OS/c1-3-10-25-18(14-6-8-21-9-7-14)23-24-19(25)27-12-17(26)22-16-11-15(20)5-4-13(16)2/h3-9,11H,1,10,12H2,2H3,(H,22,26). The second-order valence-electron chi connectivity index (χ2n) is 5.74. The molecule has 0 aliphatic carbocycles. The number of amides is 1. The van der Waals surface area contributed by atoms with Crippen molar-refractivity contribution in [1.29, 1.82) is 0 Å². The van der Waals surface area contributed by atoms with Crippen molar-refractivity contribution in [3.8, 4) is 11.4 Å². The Balaban J connectivity index is 1.72. The van der Waals surface area contributed by atoms with Gasteiger partial charge in [-0.05, 0) is 36.8 Å². The van der Waals surface area contributed by atoms with Crippen LogP contribution in [0.3, 0.4) is 0 Å². The van der Waals surface area contributed by atoms with E-state index in [1.165, 1.54) is 11.8 Å². The number of pyridine rings is 1. The summed E-state index contributed by atoms with van der Waals surface area (Å²) in [5, 5.41) is 12.6. The van der Waals surface area contributed by atoms with Crippen LogP contribution in [0.25, 0.3) is 11.4 Å². The summed E-state index contributed by atoms with van der Waals surface area (Å²) in [6, 6.07) is 9.13. The first-order chi connectivity index (χ1) is 13.1. The first kappa shape index (κ1) is 19.1. The molecule has 1 amide bonds. The number of halogens is 1. The van der Waals surface area contributed by atoms with Gasteiger partial charge in [-0.15, -0.1) is 16.8 Å². The van der Waals surface area contributed by atoms with E-state index in [0.29, 0.717) is 28.2 Å². The average molecular weight is 400 g/mol. The minimum atomic E-state index is -0.135. The summed E-state index contributed by atoms with van der Waals surface area (Å²) in [4.78, 5) is 16.4. The number of carbonyl (C=O) groups is 1. The van der Waals surface area contributed by atoms with Gasteiger partial charge < -0.3 is 5.32 Å². The number of aryl methyl sites for hydroxylation is 1. The molecule has 2 heterocycles. The fourth-order valence-corrected chi connectivity index (χ4v) is 3.37. The average Bonchev–Trinajstić information content (AvgIpc) is 3.07. The molecule has 27 heavy (non-hydrogen) atoms. The van der Waals surface area contributed by atoms with Crippen molar-refractivity contribution in [2.75, 3.05) is 11.1 Å². The van der Waals surface area contributed by atoms with Crippen LogP contribution in [0.4, 0.5) is 5.69 Å². The normalized spacial score (nSPS) is 10.6. The number of carbonyl (C=O) groups excluding carboxylic acids is 1. The number of hydrogen-bond donors (Lipinski definition) is 1. The summed E-state index contributed by atoms with van der Waals surface area (Å²) in [6.07, 6.45) is 5.18. The Bertz CT molecular complexity index is 958. The smallest absolute Gasteiger partial charge is 0.234 e. The molecule has 3 aromatic rings. The van der Waals surface area contributed by atoms with Gasteiger partial charge in [-0.3, -0.25) is 14.3 Å². The number of hydrogen-bond acceptors (Lipinski definition) is 5. The zero-order chi connectivity index (χ0) is 19.2. The Morgan fingerprint density at radius 3 is 2.81 bits per heavy atom. The summed E-state index contributed by atoms with van der Waals surface area (Å²) in [6.45, 7) is 6.25. The van der Waals surface area contributed by atoms with Crippen molar-refractivity contribution >= 4 is 35.0 Å². The summed E-state index contributed by atoms with van der Waals surface area (Å²) in [5.74, 6) is 0.785.